The van der Waals surface area contributed by atoms with Gasteiger partial charge in [-0.2, -0.15) is 0 Å². The van der Waals surface area contributed by atoms with E-state index in [9.17, 15) is 13.2 Å². The van der Waals surface area contributed by atoms with Crippen molar-refractivity contribution < 1.29 is 17.6 Å². The van der Waals surface area contributed by atoms with Crippen LogP contribution in [0, 0.1) is 19.8 Å². The van der Waals surface area contributed by atoms with Crippen LogP contribution in [0.25, 0.3) is 0 Å². The van der Waals surface area contributed by atoms with Crippen LogP contribution in [0.5, 0.6) is 0 Å². The maximum Gasteiger partial charge on any atom is 0.277 e. The van der Waals surface area contributed by atoms with E-state index in [2.05, 4.69) is 21.7 Å². The number of aromatic nitrogens is 3. The average molecular weight is 412 g/mol. The summed E-state index contributed by atoms with van der Waals surface area (Å²) in [6.07, 6.45) is 2.13. The maximum atomic E-state index is 12.6. The van der Waals surface area contributed by atoms with Gasteiger partial charge in [0.2, 0.25) is 5.89 Å². The molecule has 1 saturated heterocycles. The molecule has 0 aliphatic carbocycles. The van der Waals surface area contributed by atoms with Gasteiger partial charge in [-0.15, -0.1) is 10.2 Å². The molecule has 0 unspecified atom stereocenters. The van der Waals surface area contributed by atoms with Crippen molar-refractivity contribution in [3.63, 3.8) is 0 Å². The number of thioether (sulfide) groups is 1. The summed E-state index contributed by atoms with van der Waals surface area (Å²) >= 11 is 1.22. The summed E-state index contributed by atoms with van der Waals surface area (Å²) in [6, 6.07) is 1.94. The summed E-state index contributed by atoms with van der Waals surface area (Å²) in [5.41, 5.74) is 2.83. The van der Waals surface area contributed by atoms with Gasteiger partial charge >= 0.3 is 0 Å². The number of ketones is 1. The number of hydrogen-bond acceptors (Lipinski definition) is 7. The van der Waals surface area contributed by atoms with Crippen molar-refractivity contribution in [3.8, 4) is 0 Å². The molecule has 148 valence electrons. The molecule has 3 rings (SSSR count). The summed E-state index contributed by atoms with van der Waals surface area (Å²) in [6.45, 7) is 7.01. The minimum Gasteiger partial charge on any atom is -0.416 e. The van der Waals surface area contributed by atoms with E-state index in [0.29, 0.717) is 24.0 Å². The monoisotopic (exact) mass is 411 g/mol. The van der Waals surface area contributed by atoms with Gasteiger partial charge in [-0.25, -0.2) is 8.42 Å². The molecule has 0 aromatic carbocycles. The Labute approximate surface area is 163 Å². The zero-order valence-electron chi connectivity index (χ0n) is 15.9. The van der Waals surface area contributed by atoms with Crippen LogP contribution in [-0.4, -0.2) is 46.2 Å². The summed E-state index contributed by atoms with van der Waals surface area (Å²) < 4.78 is 30.8. The van der Waals surface area contributed by atoms with Crippen LogP contribution in [0.15, 0.2) is 15.7 Å². The molecule has 1 aliphatic rings. The van der Waals surface area contributed by atoms with Crippen molar-refractivity contribution in [2.24, 2.45) is 5.92 Å². The third kappa shape index (κ3) is 4.82. The first kappa shape index (κ1) is 20.1. The van der Waals surface area contributed by atoms with E-state index in [-0.39, 0.29) is 29.0 Å². The van der Waals surface area contributed by atoms with Gasteiger partial charge in [-0.05, 0) is 38.7 Å². The van der Waals surface area contributed by atoms with Gasteiger partial charge < -0.3 is 8.98 Å². The van der Waals surface area contributed by atoms with Crippen molar-refractivity contribution in [1.29, 1.82) is 0 Å². The van der Waals surface area contributed by atoms with Gasteiger partial charge in [0.25, 0.3) is 5.22 Å². The van der Waals surface area contributed by atoms with E-state index in [1.165, 1.54) is 11.8 Å². The lowest BCUT2D eigenvalue weighted by Crippen LogP contribution is -2.07. The molecule has 1 fully saturated rings. The molecule has 0 N–H and O–H groups in total. The number of nitrogens with zero attached hydrogens (tertiary/aromatic N) is 3. The molecule has 1 atom stereocenters. The van der Waals surface area contributed by atoms with Gasteiger partial charge in [0.05, 0.1) is 17.3 Å². The molecule has 0 saturated carbocycles. The summed E-state index contributed by atoms with van der Waals surface area (Å²) in [5, 5.41) is 8.31. The smallest absolute Gasteiger partial charge is 0.277 e. The molecule has 2 aromatic rings. The third-order valence-corrected chi connectivity index (χ3v) is 7.54. The van der Waals surface area contributed by atoms with Crippen LogP contribution in [0.1, 0.15) is 47.4 Å². The van der Waals surface area contributed by atoms with Crippen LogP contribution < -0.4 is 0 Å². The van der Waals surface area contributed by atoms with Crippen molar-refractivity contribution >= 4 is 27.4 Å². The lowest BCUT2D eigenvalue weighted by atomic mass is 10.1. The molecular weight excluding hydrogens is 386 g/mol. The van der Waals surface area contributed by atoms with E-state index >= 15 is 0 Å². The predicted octanol–water partition coefficient (Wildman–Crippen LogP) is 2.85. The minimum atomic E-state index is -2.91. The zero-order valence-corrected chi connectivity index (χ0v) is 17.5. The van der Waals surface area contributed by atoms with E-state index in [4.69, 9.17) is 4.42 Å². The highest BCUT2D eigenvalue weighted by atomic mass is 32.2. The fraction of sp³-hybridized carbons (Fsp3) is 0.611. The van der Waals surface area contributed by atoms with Crippen molar-refractivity contribution in [1.82, 2.24) is 14.8 Å². The number of Topliss-reactive ketones (excluding diaryl/α,β-unsaturated/α-hetero) is 1. The zero-order chi connectivity index (χ0) is 19.6. The van der Waals surface area contributed by atoms with Gasteiger partial charge in [0.15, 0.2) is 15.6 Å². The van der Waals surface area contributed by atoms with Crippen LogP contribution in [0.4, 0.5) is 0 Å². The van der Waals surface area contributed by atoms with E-state index in [1.807, 2.05) is 19.9 Å². The summed E-state index contributed by atoms with van der Waals surface area (Å²) in [4.78, 5) is 12.6. The molecule has 9 heteroatoms. The second kappa shape index (κ2) is 8.18. The van der Waals surface area contributed by atoms with Crippen LogP contribution in [0.2, 0.25) is 0 Å². The standard InChI is InChI=1S/C18H25N3O4S2/c1-4-6-21-12(2)8-15(13(21)3)16(22)10-26-18-20-19-17(25-18)9-14-5-7-27(23,24)11-14/h8,14H,4-7,9-11H2,1-3H3/t14-/m0/s1. The lowest BCUT2D eigenvalue weighted by Gasteiger charge is -2.07. The molecule has 0 amide bonds. The van der Waals surface area contributed by atoms with Gasteiger partial charge in [-0.1, -0.05) is 18.7 Å². The number of rotatable bonds is 8. The topological polar surface area (TPSA) is 95.1 Å². The van der Waals surface area contributed by atoms with Crippen molar-refractivity contribution in [3.05, 3.63) is 28.9 Å². The lowest BCUT2D eigenvalue weighted by molar-refractivity contribution is 0.102. The largest absolute Gasteiger partial charge is 0.416 e. The molecule has 0 spiro atoms. The van der Waals surface area contributed by atoms with Gasteiger partial charge in [0.1, 0.15) is 0 Å². The fourth-order valence-corrected chi connectivity index (χ4v) is 6.04. The van der Waals surface area contributed by atoms with Gasteiger partial charge in [-0.3, -0.25) is 4.79 Å². The van der Waals surface area contributed by atoms with Crippen molar-refractivity contribution in [2.75, 3.05) is 17.3 Å². The third-order valence-electron chi connectivity index (χ3n) is 4.89. The SMILES string of the molecule is CCCn1c(C)cc(C(=O)CSc2nnc(C[C@@H]3CCS(=O)(=O)C3)o2)c1C. The minimum absolute atomic E-state index is 0.0390. The molecular formula is C18H25N3O4S2. The normalized spacial score (nSPS) is 18.9. The highest BCUT2D eigenvalue weighted by molar-refractivity contribution is 7.99. The molecule has 3 heterocycles. The first-order valence-electron chi connectivity index (χ1n) is 9.14. The highest BCUT2D eigenvalue weighted by Crippen LogP contribution is 2.25. The number of hydrogen-bond donors (Lipinski definition) is 0. The molecule has 2 aromatic heterocycles. The Balaban J connectivity index is 1.57. The van der Waals surface area contributed by atoms with E-state index in [1.54, 1.807) is 0 Å². The first-order valence-corrected chi connectivity index (χ1v) is 11.9. The second-order valence-electron chi connectivity index (χ2n) is 7.08. The Kier molecular flexibility index (Phi) is 6.10. The molecule has 1 aliphatic heterocycles. The Morgan fingerprint density at radius 2 is 2.15 bits per heavy atom. The van der Waals surface area contributed by atoms with Gasteiger partial charge in [0, 0.05) is 29.9 Å². The summed E-state index contributed by atoms with van der Waals surface area (Å²) in [5.74, 6) is 1.17. The summed E-state index contributed by atoms with van der Waals surface area (Å²) in [7, 11) is -2.91. The second-order valence-corrected chi connectivity index (χ2v) is 10.2. The molecule has 27 heavy (non-hydrogen) atoms. The fourth-order valence-electron chi connectivity index (χ4n) is 3.52. The predicted molar refractivity (Wildman–Crippen MR) is 104 cm³/mol. The first-order chi connectivity index (χ1) is 12.8. The number of aryl methyl sites for hydroxylation is 1. The molecule has 0 bridgehead atoms. The van der Waals surface area contributed by atoms with E-state index in [0.717, 1.165) is 29.9 Å². The quantitative estimate of drug-likeness (QED) is 0.487. The number of carbonyl (C=O) groups is 1. The van der Waals surface area contributed by atoms with Crippen LogP contribution >= 0.6 is 11.8 Å². The molecule has 0 radical (unpaired) electrons. The number of sulfone groups is 1. The van der Waals surface area contributed by atoms with Crippen molar-refractivity contribution in [2.45, 2.75) is 51.8 Å². The Hall–Kier alpha value is -1.61. The Morgan fingerprint density at radius 1 is 1.37 bits per heavy atom. The van der Waals surface area contributed by atoms with Crippen LogP contribution in [0.3, 0.4) is 0 Å². The maximum absolute atomic E-state index is 12.6. The van der Waals surface area contributed by atoms with E-state index < -0.39 is 9.84 Å². The Morgan fingerprint density at radius 3 is 2.81 bits per heavy atom. The average Bonchev–Trinajstić information content (AvgIpc) is 3.27. The number of carbonyl (C=O) groups excluding carboxylic acids is 1. The Bertz CT molecular complexity index is 931. The van der Waals surface area contributed by atoms with Crippen LogP contribution in [-0.2, 0) is 22.8 Å². The highest BCUT2D eigenvalue weighted by Gasteiger charge is 2.29. The molecule has 7 nitrogen and oxygen atoms in total.